The van der Waals surface area contributed by atoms with E-state index in [1.54, 1.807) is 29.0 Å². The minimum atomic E-state index is -0.640. The van der Waals surface area contributed by atoms with Crippen molar-refractivity contribution >= 4 is 41.1 Å². The van der Waals surface area contributed by atoms with E-state index in [-0.39, 0.29) is 12.5 Å². The molecule has 0 saturated carbocycles. The molecule has 1 aromatic carbocycles. The molecule has 0 spiro atoms. The molecule has 0 aliphatic rings. The van der Waals surface area contributed by atoms with E-state index in [4.69, 9.17) is 17.3 Å². The van der Waals surface area contributed by atoms with Gasteiger partial charge in [0, 0.05) is 29.4 Å². The molecule has 0 radical (unpaired) electrons. The number of halogens is 1. The first-order valence-corrected chi connectivity index (χ1v) is 9.43. The van der Waals surface area contributed by atoms with Gasteiger partial charge in [-0.15, -0.1) is 0 Å². The maximum atomic E-state index is 12.3. The van der Waals surface area contributed by atoms with Crippen LogP contribution in [0.1, 0.15) is 35.5 Å². The molecule has 8 nitrogen and oxygen atoms in total. The van der Waals surface area contributed by atoms with Crippen LogP contribution in [-0.2, 0) is 16.1 Å². The van der Waals surface area contributed by atoms with Crippen molar-refractivity contribution in [3.8, 4) is 0 Å². The Morgan fingerprint density at radius 1 is 1.31 bits per heavy atom. The number of nitrogens with two attached hydrogens (primary N) is 1. The lowest BCUT2D eigenvalue weighted by Gasteiger charge is -2.06. The number of primary amides is 1. The van der Waals surface area contributed by atoms with E-state index in [0.29, 0.717) is 34.4 Å². The van der Waals surface area contributed by atoms with Crippen LogP contribution < -0.4 is 16.4 Å². The second kappa shape index (κ2) is 9.88. The number of anilines is 1. The van der Waals surface area contributed by atoms with Crippen molar-refractivity contribution in [3.63, 3.8) is 0 Å². The van der Waals surface area contributed by atoms with Gasteiger partial charge in [-0.25, -0.2) is 0 Å². The van der Waals surface area contributed by atoms with E-state index < -0.39 is 11.8 Å². The van der Waals surface area contributed by atoms with Crippen LogP contribution in [0.25, 0.3) is 6.08 Å². The third kappa shape index (κ3) is 6.46. The Morgan fingerprint density at radius 3 is 2.69 bits per heavy atom. The molecular formula is C20H24ClN5O3. The summed E-state index contributed by atoms with van der Waals surface area (Å²) in [5, 5.41) is 9.95. The number of nitrogens with one attached hydrogen (secondary N) is 2. The molecule has 3 amide bonds. The molecule has 9 heteroatoms. The highest BCUT2D eigenvalue weighted by atomic mass is 35.5. The Balaban J connectivity index is 2.06. The molecule has 1 aromatic heterocycles. The Bertz CT molecular complexity index is 950. The zero-order chi connectivity index (χ0) is 21.6. The Morgan fingerprint density at radius 2 is 2.03 bits per heavy atom. The molecular weight excluding hydrogens is 394 g/mol. The topological polar surface area (TPSA) is 119 Å². The molecule has 4 N–H and O–H groups in total. The number of rotatable bonds is 8. The lowest BCUT2D eigenvalue weighted by Crippen LogP contribution is -2.33. The highest BCUT2D eigenvalue weighted by Gasteiger charge is 2.12. The van der Waals surface area contributed by atoms with Gasteiger partial charge >= 0.3 is 0 Å². The van der Waals surface area contributed by atoms with Crippen molar-refractivity contribution in [1.82, 2.24) is 15.1 Å². The first-order valence-electron chi connectivity index (χ1n) is 9.06. The number of nitrogens with zero attached hydrogens (tertiary/aromatic N) is 2. The monoisotopic (exact) mass is 417 g/mol. The molecule has 0 bridgehead atoms. The smallest absolute Gasteiger partial charge is 0.251 e. The summed E-state index contributed by atoms with van der Waals surface area (Å²) < 4.78 is 1.72. The third-order valence-corrected chi connectivity index (χ3v) is 4.26. The van der Waals surface area contributed by atoms with Gasteiger partial charge in [0.2, 0.25) is 11.8 Å². The second-order valence-corrected chi connectivity index (χ2v) is 7.28. The molecule has 154 valence electrons. The van der Waals surface area contributed by atoms with Gasteiger partial charge in [-0.2, -0.15) is 5.10 Å². The molecule has 0 aliphatic heterocycles. The molecule has 2 rings (SSSR count). The number of amides is 3. The molecule has 0 saturated heterocycles. The molecule has 0 fully saturated rings. The highest BCUT2D eigenvalue weighted by molar-refractivity contribution is 6.31. The van der Waals surface area contributed by atoms with Gasteiger partial charge < -0.3 is 16.4 Å². The summed E-state index contributed by atoms with van der Waals surface area (Å²) in [4.78, 5) is 35.0. The number of carbonyl (C=O) groups excluding carboxylic acids is 3. The van der Waals surface area contributed by atoms with Crippen LogP contribution in [0.3, 0.4) is 0 Å². The third-order valence-electron chi connectivity index (χ3n) is 3.86. The summed E-state index contributed by atoms with van der Waals surface area (Å²) in [5.74, 6) is -1.10. The molecule has 0 atom stereocenters. The summed E-state index contributed by atoms with van der Waals surface area (Å²) in [5.41, 5.74) is 7.15. The number of carbonyl (C=O) groups is 3. The fraction of sp³-hybridized carbons (Fsp3) is 0.300. The summed E-state index contributed by atoms with van der Waals surface area (Å²) in [6, 6.07) is 6.33. The zero-order valence-electron chi connectivity index (χ0n) is 16.5. The van der Waals surface area contributed by atoms with Gasteiger partial charge in [0.05, 0.1) is 12.2 Å². The molecule has 0 aliphatic carbocycles. The standard InChI is InChI=1S/C20H24ClN5O3/c1-12(2)11-26-19(21)16(13(3)25-26)7-8-18(28)24-15-6-4-5-14(9-15)20(29)23-10-17(22)27/h4-9,12H,10-11H2,1-3H3,(H2,22,27)(H,23,29)(H,24,28). The van der Waals surface area contributed by atoms with Crippen LogP contribution >= 0.6 is 11.6 Å². The van der Waals surface area contributed by atoms with Gasteiger partial charge in [-0.1, -0.05) is 31.5 Å². The van der Waals surface area contributed by atoms with E-state index >= 15 is 0 Å². The van der Waals surface area contributed by atoms with Crippen molar-refractivity contribution in [2.24, 2.45) is 11.7 Å². The van der Waals surface area contributed by atoms with Crippen molar-refractivity contribution in [2.75, 3.05) is 11.9 Å². The number of aromatic nitrogens is 2. The first kappa shape index (κ1) is 22.2. The molecule has 1 heterocycles. The van der Waals surface area contributed by atoms with Crippen molar-refractivity contribution in [3.05, 3.63) is 52.3 Å². The Hall–Kier alpha value is -3.13. The quantitative estimate of drug-likeness (QED) is 0.571. The van der Waals surface area contributed by atoms with Crippen LogP contribution in [-0.4, -0.2) is 34.0 Å². The fourth-order valence-electron chi connectivity index (χ4n) is 2.57. The lowest BCUT2D eigenvalue weighted by molar-refractivity contribution is -0.117. The number of aryl methyl sites for hydroxylation is 1. The fourth-order valence-corrected chi connectivity index (χ4v) is 2.88. The van der Waals surface area contributed by atoms with Crippen LogP contribution in [0.15, 0.2) is 30.3 Å². The predicted molar refractivity (Wildman–Crippen MR) is 112 cm³/mol. The SMILES string of the molecule is Cc1nn(CC(C)C)c(Cl)c1C=CC(=O)Nc1cccc(C(=O)NCC(N)=O)c1. The minimum Gasteiger partial charge on any atom is -0.368 e. The summed E-state index contributed by atoms with van der Waals surface area (Å²) in [7, 11) is 0. The van der Waals surface area contributed by atoms with Gasteiger partial charge in [0.1, 0.15) is 5.15 Å². The van der Waals surface area contributed by atoms with E-state index in [1.165, 1.54) is 12.1 Å². The van der Waals surface area contributed by atoms with Crippen LogP contribution in [0, 0.1) is 12.8 Å². The van der Waals surface area contributed by atoms with E-state index in [1.807, 2.05) is 6.92 Å². The Labute approximate surface area is 174 Å². The normalized spacial score (nSPS) is 11.1. The van der Waals surface area contributed by atoms with Crippen molar-refractivity contribution < 1.29 is 14.4 Å². The maximum absolute atomic E-state index is 12.3. The van der Waals surface area contributed by atoms with E-state index in [2.05, 4.69) is 29.6 Å². The van der Waals surface area contributed by atoms with Gasteiger partial charge in [0.25, 0.3) is 5.91 Å². The van der Waals surface area contributed by atoms with Crippen LogP contribution in [0.4, 0.5) is 5.69 Å². The molecule has 2 aromatic rings. The molecule has 29 heavy (non-hydrogen) atoms. The largest absolute Gasteiger partial charge is 0.368 e. The van der Waals surface area contributed by atoms with E-state index in [0.717, 1.165) is 5.69 Å². The summed E-state index contributed by atoms with van der Waals surface area (Å²) in [6.07, 6.45) is 2.97. The molecule has 0 unspecified atom stereocenters. The average Bonchev–Trinajstić information content (AvgIpc) is 2.90. The zero-order valence-corrected chi connectivity index (χ0v) is 17.3. The predicted octanol–water partition coefficient (Wildman–Crippen LogP) is 2.37. The summed E-state index contributed by atoms with van der Waals surface area (Å²) in [6.45, 7) is 6.39. The first-order chi connectivity index (χ1) is 13.7. The van der Waals surface area contributed by atoms with Gasteiger partial charge in [-0.3, -0.25) is 19.1 Å². The number of benzene rings is 1. The van der Waals surface area contributed by atoms with Crippen LogP contribution in [0.2, 0.25) is 5.15 Å². The van der Waals surface area contributed by atoms with Crippen LogP contribution in [0.5, 0.6) is 0 Å². The Kier molecular flexibility index (Phi) is 7.55. The number of hydrogen-bond acceptors (Lipinski definition) is 4. The van der Waals surface area contributed by atoms with Crippen molar-refractivity contribution in [2.45, 2.75) is 27.3 Å². The lowest BCUT2D eigenvalue weighted by atomic mass is 10.2. The van der Waals surface area contributed by atoms with Gasteiger partial charge in [-0.05, 0) is 37.1 Å². The number of hydrogen-bond donors (Lipinski definition) is 3. The van der Waals surface area contributed by atoms with Crippen molar-refractivity contribution in [1.29, 1.82) is 0 Å². The highest BCUT2D eigenvalue weighted by Crippen LogP contribution is 2.22. The summed E-state index contributed by atoms with van der Waals surface area (Å²) >= 11 is 6.37. The van der Waals surface area contributed by atoms with E-state index in [9.17, 15) is 14.4 Å². The maximum Gasteiger partial charge on any atom is 0.251 e. The minimum absolute atomic E-state index is 0.261. The van der Waals surface area contributed by atoms with Gasteiger partial charge in [0.15, 0.2) is 0 Å². The average molecular weight is 418 g/mol. The second-order valence-electron chi connectivity index (χ2n) is 6.92.